The Balaban J connectivity index is 1.87. The van der Waals surface area contributed by atoms with E-state index in [0.717, 1.165) is 26.1 Å². The second kappa shape index (κ2) is 8.67. The molecule has 0 spiro atoms. The van der Waals surface area contributed by atoms with Crippen LogP contribution >= 0.6 is 34.3 Å². The SMILES string of the molecule is CCOc1cccc2sc(=NC(=O)c3sc4ccccc4c3Cl)n(CCOC)c12. The number of amides is 1. The fourth-order valence-electron chi connectivity index (χ4n) is 3.13. The van der Waals surface area contributed by atoms with Gasteiger partial charge in [-0.05, 0) is 25.1 Å². The van der Waals surface area contributed by atoms with Crippen LogP contribution in [0.4, 0.5) is 0 Å². The zero-order valence-electron chi connectivity index (χ0n) is 16.0. The van der Waals surface area contributed by atoms with Gasteiger partial charge in [0.25, 0.3) is 5.91 Å². The number of thiazole rings is 1. The Kier molecular flexibility index (Phi) is 6.01. The molecule has 150 valence electrons. The van der Waals surface area contributed by atoms with Gasteiger partial charge >= 0.3 is 0 Å². The van der Waals surface area contributed by atoms with Crippen molar-refractivity contribution in [1.29, 1.82) is 0 Å². The highest BCUT2D eigenvalue weighted by molar-refractivity contribution is 7.21. The summed E-state index contributed by atoms with van der Waals surface area (Å²) in [6, 6.07) is 13.6. The van der Waals surface area contributed by atoms with Crippen molar-refractivity contribution < 1.29 is 14.3 Å². The molecule has 0 N–H and O–H groups in total. The van der Waals surface area contributed by atoms with Crippen LogP contribution in [0.3, 0.4) is 0 Å². The van der Waals surface area contributed by atoms with Crippen LogP contribution in [0.15, 0.2) is 47.5 Å². The second-order valence-electron chi connectivity index (χ2n) is 6.22. The summed E-state index contributed by atoms with van der Waals surface area (Å²) in [7, 11) is 1.65. The van der Waals surface area contributed by atoms with E-state index in [-0.39, 0.29) is 5.91 Å². The molecule has 4 rings (SSSR count). The first-order chi connectivity index (χ1) is 14.1. The first kappa shape index (κ1) is 20.1. The maximum absolute atomic E-state index is 13.0. The normalized spacial score (nSPS) is 12.2. The number of carbonyl (C=O) groups is 1. The number of benzene rings is 2. The van der Waals surface area contributed by atoms with E-state index in [4.69, 9.17) is 21.1 Å². The summed E-state index contributed by atoms with van der Waals surface area (Å²) in [6.07, 6.45) is 0. The quantitative estimate of drug-likeness (QED) is 0.400. The molecule has 0 aliphatic carbocycles. The minimum absolute atomic E-state index is 0.341. The van der Waals surface area contributed by atoms with Crippen molar-refractivity contribution in [3.63, 3.8) is 0 Å². The maximum atomic E-state index is 13.0. The van der Waals surface area contributed by atoms with Gasteiger partial charge in [-0.1, -0.05) is 47.2 Å². The highest BCUT2D eigenvalue weighted by atomic mass is 35.5. The number of thiophene rings is 1. The largest absolute Gasteiger partial charge is 0.492 e. The molecule has 5 nitrogen and oxygen atoms in total. The van der Waals surface area contributed by atoms with Crippen molar-refractivity contribution in [3.8, 4) is 5.75 Å². The Bertz CT molecular complexity index is 1260. The highest BCUT2D eigenvalue weighted by Crippen LogP contribution is 2.35. The molecule has 8 heteroatoms. The number of carbonyl (C=O) groups excluding carboxylic acids is 1. The van der Waals surface area contributed by atoms with Gasteiger partial charge in [-0.15, -0.1) is 11.3 Å². The summed E-state index contributed by atoms with van der Waals surface area (Å²) in [6.45, 7) is 3.56. The van der Waals surface area contributed by atoms with Gasteiger partial charge in [-0.3, -0.25) is 4.79 Å². The minimum atomic E-state index is -0.341. The molecule has 0 atom stereocenters. The van der Waals surface area contributed by atoms with Crippen LogP contribution in [0.5, 0.6) is 5.75 Å². The molecule has 0 aliphatic heterocycles. The minimum Gasteiger partial charge on any atom is -0.492 e. The summed E-state index contributed by atoms with van der Waals surface area (Å²) >= 11 is 9.29. The van der Waals surface area contributed by atoms with Crippen LogP contribution < -0.4 is 9.54 Å². The lowest BCUT2D eigenvalue weighted by molar-refractivity contribution is 0.100. The number of methoxy groups -OCH3 is 1. The number of rotatable bonds is 6. The Labute approximate surface area is 180 Å². The van der Waals surface area contributed by atoms with E-state index in [1.165, 1.54) is 22.7 Å². The van der Waals surface area contributed by atoms with Crippen LogP contribution in [0.2, 0.25) is 5.02 Å². The molecule has 0 fully saturated rings. The van der Waals surface area contributed by atoms with Crippen molar-refractivity contribution in [2.24, 2.45) is 4.99 Å². The van der Waals surface area contributed by atoms with Crippen LogP contribution in [0, 0.1) is 0 Å². The van der Waals surface area contributed by atoms with E-state index in [1.54, 1.807) is 7.11 Å². The number of ether oxygens (including phenoxy) is 2. The number of halogens is 1. The maximum Gasteiger partial charge on any atom is 0.291 e. The van der Waals surface area contributed by atoms with E-state index in [0.29, 0.717) is 34.5 Å². The molecule has 2 aromatic heterocycles. The molecule has 29 heavy (non-hydrogen) atoms. The summed E-state index contributed by atoms with van der Waals surface area (Å²) in [5.74, 6) is 0.429. The topological polar surface area (TPSA) is 52.8 Å². The lowest BCUT2D eigenvalue weighted by Gasteiger charge is -2.09. The van der Waals surface area contributed by atoms with E-state index in [2.05, 4.69) is 4.99 Å². The molecule has 0 aliphatic rings. The Hall–Kier alpha value is -2.19. The molecule has 0 saturated heterocycles. The molecule has 0 radical (unpaired) electrons. The predicted molar refractivity (Wildman–Crippen MR) is 120 cm³/mol. The molecule has 0 saturated carbocycles. The molecule has 0 unspecified atom stereocenters. The van der Waals surface area contributed by atoms with Crippen LogP contribution in [-0.2, 0) is 11.3 Å². The average Bonchev–Trinajstić information content (AvgIpc) is 3.25. The van der Waals surface area contributed by atoms with Crippen molar-refractivity contribution in [1.82, 2.24) is 4.57 Å². The second-order valence-corrected chi connectivity index (χ2v) is 8.66. The van der Waals surface area contributed by atoms with Crippen LogP contribution in [-0.4, -0.2) is 30.8 Å². The Morgan fingerprint density at radius 1 is 1.14 bits per heavy atom. The van der Waals surface area contributed by atoms with E-state index < -0.39 is 0 Å². The van der Waals surface area contributed by atoms with Gasteiger partial charge in [0.2, 0.25) is 0 Å². The van der Waals surface area contributed by atoms with E-state index >= 15 is 0 Å². The number of hydrogen-bond acceptors (Lipinski definition) is 5. The summed E-state index contributed by atoms with van der Waals surface area (Å²) in [4.78, 5) is 18.5. The first-order valence-corrected chi connectivity index (χ1v) is 11.1. The highest BCUT2D eigenvalue weighted by Gasteiger charge is 2.18. The van der Waals surface area contributed by atoms with Gasteiger partial charge in [0, 0.05) is 23.7 Å². The van der Waals surface area contributed by atoms with Crippen molar-refractivity contribution in [2.45, 2.75) is 13.5 Å². The molecule has 0 bridgehead atoms. The van der Waals surface area contributed by atoms with Gasteiger partial charge in [-0.25, -0.2) is 0 Å². The zero-order chi connectivity index (χ0) is 20.4. The van der Waals surface area contributed by atoms with Gasteiger partial charge in [-0.2, -0.15) is 4.99 Å². The van der Waals surface area contributed by atoms with Crippen LogP contribution in [0.25, 0.3) is 20.3 Å². The Morgan fingerprint density at radius 2 is 1.93 bits per heavy atom. The molecule has 2 heterocycles. The third-order valence-corrected chi connectivity index (χ3v) is 7.12. The molecule has 1 amide bonds. The fraction of sp³-hybridized carbons (Fsp3) is 0.238. The molecular formula is C21H19ClN2O3S2. The number of hydrogen-bond donors (Lipinski definition) is 0. The third kappa shape index (κ3) is 3.83. The number of para-hydroxylation sites is 1. The smallest absolute Gasteiger partial charge is 0.291 e. The standard InChI is InChI=1S/C21H19ClN2O3S2/c1-3-27-14-8-6-10-16-18(14)24(11-12-26-2)21(29-16)23-20(25)19-17(22)13-7-4-5-9-15(13)28-19/h4-10H,3,11-12H2,1-2H3. The average molecular weight is 447 g/mol. The summed E-state index contributed by atoms with van der Waals surface area (Å²) in [5, 5.41) is 1.33. The van der Waals surface area contributed by atoms with Gasteiger partial charge in [0.1, 0.15) is 16.1 Å². The zero-order valence-corrected chi connectivity index (χ0v) is 18.4. The first-order valence-electron chi connectivity index (χ1n) is 9.14. The lowest BCUT2D eigenvalue weighted by Crippen LogP contribution is -2.19. The lowest BCUT2D eigenvalue weighted by atomic mass is 10.2. The molecule has 4 aromatic rings. The van der Waals surface area contributed by atoms with Gasteiger partial charge < -0.3 is 14.0 Å². The van der Waals surface area contributed by atoms with Gasteiger partial charge in [0.15, 0.2) is 4.80 Å². The molecular weight excluding hydrogens is 428 g/mol. The van der Waals surface area contributed by atoms with E-state index in [1.807, 2.05) is 54.0 Å². The number of fused-ring (bicyclic) bond motifs is 2. The monoisotopic (exact) mass is 446 g/mol. The summed E-state index contributed by atoms with van der Waals surface area (Å²) in [5.41, 5.74) is 0.922. The van der Waals surface area contributed by atoms with Crippen molar-refractivity contribution in [3.05, 3.63) is 57.2 Å². The predicted octanol–water partition coefficient (Wildman–Crippen LogP) is 5.36. The number of aromatic nitrogens is 1. The Morgan fingerprint density at radius 3 is 2.69 bits per heavy atom. The molecule has 2 aromatic carbocycles. The van der Waals surface area contributed by atoms with E-state index in [9.17, 15) is 4.79 Å². The third-order valence-electron chi connectivity index (χ3n) is 4.41. The van der Waals surface area contributed by atoms with Gasteiger partial charge in [0.05, 0.1) is 22.9 Å². The van der Waals surface area contributed by atoms with Crippen molar-refractivity contribution in [2.75, 3.05) is 20.3 Å². The summed E-state index contributed by atoms with van der Waals surface area (Å²) < 4.78 is 15.0. The fourth-order valence-corrected chi connectivity index (χ4v) is 5.60. The van der Waals surface area contributed by atoms with Crippen molar-refractivity contribution >= 4 is 60.5 Å². The number of nitrogens with zero attached hydrogens (tertiary/aromatic N) is 2. The van der Waals surface area contributed by atoms with Crippen LogP contribution in [0.1, 0.15) is 16.6 Å².